The molecule has 1 aromatic carbocycles. The van der Waals surface area contributed by atoms with Gasteiger partial charge in [-0.25, -0.2) is 0 Å². The molecule has 0 aliphatic heterocycles. The van der Waals surface area contributed by atoms with Gasteiger partial charge in [-0.05, 0) is 47.9 Å². The van der Waals surface area contributed by atoms with E-state index in [1.54, 1.807) is 27.7 Å². The van der Waals surface area contributed by atoms with Crippen molar-refractivity contribution in [2.24, 2.45) is 5.92 Å². The van der Waals surface area contributed by atoms with Crippen molar-refractivity contribution in [2.45, 2.75) is 58.8 Å². The maximum Gasteiger partial charge on any atom is 0.416 e. The Morgan fingerprint density at radius 1 is 0.909 bits per heavy atom. The summed E-state index contributed by atoms with van der Waals surface area (Å²) >= 11 is 0. The Kier molecular flexibility index (Phi) is 5.57. The summed E-state index contributed by atoms with van der Waals surface area (Å²) in [6.45, 7) is 6.90. The molecule has 0 aromatic heterocycles. The minimum absolute atomic E-state index is 0.00940. The van der Waals surface area contributed by atoms with Crippen molar-refractivity contribution in [3.63, 3.8) is 0 Å². The van der Waals surface area contributed by atoms with E-state index in [0.717, 1.165) is 6.07 Å². The molecule has 0 nitrogen and oxygen atoms in total. The molecule has 0 saturated carbocycles. The summed E-state index contributed by atoms with van der Waals surface area (Å²) in [5, 5.41) is 0. The van der Waals surface area contributed by atoms with Crippen LogP contribution in [0.25, 0.3) is 0 Å². The van der Waals surface area contributed by atoms with Crippen LogP contribution in [-0.2, 0) is 18.8 Å². The molecular weight excluding hydrogens is 306 g/mol. The van der Waals surface area contributed by atoms with E-state index in [0.29, 0.717) is 6.42 Å². The molecule has 0 saturated heterocycles. The van der Waals surface area contributed by atoms with Gasteiger partial charge in [0.1, 0.15) is 0 Å². The zero-order valence-electron chi connectivity index (χ0n) is 13.0. The topological polar surface area (TPSA) is 0 Å². The Labute approximate surface area is 126 Å². The SMILES string of the molecule is CCC(C)c1cc(C(F)(F)F)cc(C(F)(F)F)c1CC(C)C. The van der Waals surface area contributed by atoms with Gasteiger partial charge in [-0.1, -0.05) is 27.7 Å². The fourth-order valence-electron chi connectivity index (χ4n) is 2.41. The number of rotatable bonds is 4. The first kappa shape index (κ1) is 18.8. The van der Waals surface area contributed by atoms with Gasteiger partial charge in [-0.3, -0.25) is 0 Å². The summed E-state index contributed by atoms with van der Waals surface area (Å²) in [5.74, 6) is -0.446. The molecule has 0 fully saturated rings. The lowest BCUT2D eigenvalue weighted by atomic mass is 9.84. The molecule has 1 aromatic rings. The minimum atomic E-state index is -4.80. The minimum Gasteiger partial charge on any atom is -0.166 e. The predicted molar refractivity (Wildman–Crippen MR) is 73.7 cm³/mol. The van der Waals surface area contributed by atoms with Gasteiger partial charge in [0.2, 0.25) is 0 Å². The molecule has 0 aliphatic carbocycles. The van der Waals surface area contributed by atoms with Crippen molar-refractivity contribution in [2.75, 3.05) is 0 Å². The Hall–Kier alpha value is -1.20. The standard InChI is InChI=1S/C16H20F6/c1-5-10(4)12-7-11(15(17,18)19)8-14(16(20,21)22)13(12)6-9(2)3/h7-10H,5-6H2,1-4H3. The number of halogens is 6. The zero-order valence-corrected chi connectivity index (χ0v) is 13.0. The summed E-state index contributed by atoms with van der Waals surface area (Å²) in [5.41, 5.74) is -2.25. The molecule has 0 aliphatic rings. The molecule has 0 spiro atoms. The van der Waals surface area contributed by atoms with E-state index in [1.807, 2.05) is 0 Å². The van der Waals surface area contributed by atoms with Crippen LogP contribution in [-0.4, -0.2) is 0 Å². The number of alkyl halides is 6. The average molecular weight is 326 g/mol. The molecular formula is C16H20F6. The highest BCUT2D eigenvalue weighted by atomic mass is 19.4. The molecule has 6 heteroatoms. The lowest BCUT2D eigenvalue weighted by Crippen LogP contribution is -2.18. The number of benzene rings is 1. The predicted octanol–water partition coefficient (Wildman–Crippen LogP) is 6.44. The Morgan fingerprint density at radius 3 is 1.82 bits per heavy atom. The van der Waals surface area contributed by atoms with Gasteiger partial charge in [-0.2, -0.15) is 26.3 Å². The van der Waals surface area contributed by atoms with Gasteiger partial charge in [0.15, 0.2) is 0 Å². The normalized spacial score (nSPS) is 14.5. The second kappa shape index (κ2) is 6.50. The highest BCUT2D eigenvalue weighted by Gasteiger charge is 2.39. The molecule has 1 rings (SSSR count). The highest BCUT2D eigenvalue weighted by Crippen LogP contribution is 2.41. The maximum absolute atomic E-state index is 13.2. The first-order valence-electron chi connectivity index (χ1n) is 7.19. The Balaban J connectivity index is 3.69. The van der Waals surface area contributed by atoms with E-state index in [9.17, 15) is 26.3 Å². The van der Waals surface area contributed by atoms with Gasteiger partial charge >= 0.3 is 12.4 Å². The molecule has 0 N–H and O–H groups in total. The monoisotopic (exact) mass is 326 g/mol. The van der Waals surface area contributed by atoms with E-state index in [-0.39, 0.29) is 35.4 Å². The molecule has 0 heterocycles. The molecule has 126 valence electrons. The third kappa shape index (κ3) is 4.40. The molecule has 0 bridgehead atoms. The van der Waals surface area contributed by atoms with Gasteiger partial charge in [0.25, 0.3) is 0 Å². The van der Waals surface area contributed by atoms with Crippen LogP contribution in [0.1, 0.15) is 62.3 Å². The maximum atomic E-state index is 13.2. The zero-order chi connectivity index (χ0) is 17.3. The summed E-state index contributed by atoms with van der Waals surface area (Å²) < 4.78 is 78.5. The second-order valence-corrected chi connectivity index (χ2v) is 5.99. The van der Waals surface area contributed by atoms with Gasteiger partial charge in [0.05, 0.1) is 11.1 Å². The van der Waals surface area contributed by atoms with Crippen LogP contribution < -0.4 is 0 Å². The highest BCUT2D eigenvalue weighted by molar-refractivity contribution is 5.44. The number of hydrogen-bond donors (Lipinski definition) is 0. The van der Waals surface area contributed by atoms with Crippen LogP contribution >= 0.6 is 0 Å². The molecule has 22 heavy (non-hydrogen) atoms. The molecule has 0 radical (unpaired) electrons. The first-order valence-corrected chi connectivity index (χ1v) is 7.19. The lowest BCUT2D eigenvalue weighted by Gasteiger charge is -2.24. The third-order valence-electron chi connectivity index (χ3n) is 3.67. The Bertz CT molecular complexity index is 511. The largest absolute Gasteiger partial charge is 0.416 e. The summed E-state index contributed by atoms with van der Waals surface area (Å²) in [4.78, 5) is 0. The van der Waals surface area contributed by atoms with E-state index in [4.69, 9.17) is 0 Å². The smallest absolute Gasteiger partial charge is 0.166 e. The molecule has 0 amide bonds. The van der Waals surface area contributed by atoms with E-state index >= 15 is 0 Å². The first-order chi connectivity index (χ1) is 9.87. The van der Waals surface area contributed by atoms with Crippen LogP contribution in [0.4, 0.5) is 26.3 Å². The van der Waals surface area contributed by atoms with Crippen molar-refractivity contribution < 1.29 is 26.3 Å². The van der Waals surface area contributed by atoms with Crippen LogP contribution in [0.15, 0.2) is 12.1 Å². The fraction of sp³-hybridized carbons (Fsp3) is 0.625. The van der Waals surface area contributed by atoms with Gasteiger partial charge in [-0.15, -0.1) is 0 Å². The third-order valence-corrected chi connectivity index (χ3v) is 3.67. The lowest BCUT2D eigenvalue weighted by molar-refractivity contribution is -0.143. The molecule has 1 unspecified atom stereocenters. The average Bonchev–Trinajstić information content (AvgIpc) is 2.34. The van der Waals surface area contributed by atoms with E-state index in [2.05, 4.69) is 0 Å². The van der Waals surface area contributed by atoms with Crippen LogP contribution in [0.3, 0.4) is 0 Å². The van der Waals surface area contributed by atoms with Crippen molar-refractivity contribution in [3.05, 3.63) is 34.4 Å². The summed E-state index contributed by atoms with van der Waals surface area (Å²) in [6.07, 6.45) is -9.01. The van der Waals surface area contributed by atoms with Crippen LogP contribution in [0, 0.1) is 5.92 Å². The Morgan fingerprint density at radius 2 is 1.45 bits per heavy atom. The van der Waals surface area contributed by atoms with Gasteiger partial charge < -0.3 is 0 Å². The number of hydrogen-bond acceptors (Lipinski definition) is 0. The quantitative estimate of drug-likeness (QED) is 0.559. The van der Waals surface area contributed by atoms with E-state index < -0.39 is 23.5 Å². The summed E-state index contributed by atoms with van der Waals surface area (Å²) in [6, 6.07) is 1.12. The second-order valence-electron chi connectivity index (χ2n) is 5.99. The van der Waals surface area contributed by atoms with Crippen molar-refractivity contribution in [1.29, 1.82) is 0 Å². The van der Waals surface area contributed by atoms with Crippen molar-refractivity contribution >= 4 is 0 Å². The van der Waals surface area contributed by atoms with Crippen molar-refractivity contribution in [1.82, 2.24) is 0 Å². The van der Waals surface area contributed by atoms with Crippen molar-refractivity contribution in [3.8, 4) is 0 Å². The van der Waals surface area contributed by atoms with Crippen LogP contribution in [0.2, 0.25) is 0 Å². The fourth-order valence-corrected chi connectivity index (χ4v) is 2.41. The van der Waals surface area contributed by atoms with Gasteiger partial charge in [0, 0.05) is 0 Å². The molecule has 1 atom stereocenters. The summed E-state index contributed by atoms with van der Waals surface area (Å²) in [7, 11) is 0. The van der Waals surface area contributed by atoms with Crippen LogP contribution in [0.5, 0.6) is 0 Å². The van der Waals surface area contributed by atoms with E-state index in [1.165, 1.54) is 0 Å².